The van der Waals surface area contributed by atoms with Gasteiger partial charge in [-0.3, -0.25) is 0 Å². The van der Waals surface area contributed by atoms with Crippen molar-refractivity contribution in [1.82, 2.24) is 0 Å². The first kappa shape index (κ1) is 11.1. The van der Waals surface area contributed by atoms with Gasteiger partial charge >= 0.3 is 0 Å². The van der Waals surface area contributed by atoms with Crippen LogP contribution in [0.15, 0.2) is 12.1 Å². The fourth-order valence-corrected chi connectivity index (χ4v) is 1.42. The second kappa shape index (κ2) is 4.47. The second-order valence-electron chi connectivity index (χ2n) is 3.91. The number of nitrogens with one attached hydrogen (secondary N) is 1. The molecule has 0 saturated heterocycles. The predicted octanol–water partition coefficient (Wildman–Crippen LogP) is 2.40. The summed E-state index contributed by atoms with van der Waals surface area (Å²) < 4.78 is 0. The van der Waals surface area contributed by atoms with Crippen LogP contribution in [0.2, 0.25) is 0 Å². The number of aliphatic hydroxyl groups is 1. The molecule has 0 amide bonds. The van der Waals surface area contributed by atoms with Gasteiger partial charge in [0.05, 0.1) is 6.61 Å². The molecular formula is C12H19NO. The van der Waals surface area contributed by atoms with E-state index >= 15 is 0 Å². The zero-order valence-electron chi connectivity index (χ0n) is 9.39. The highest BCUT2D eigenvalue weighted by Gasteiger charge is 2.05. The van der Waals surface area contributed by atoms with E-state index in [9.17, 15) is 0 Å². The molecular weight excluding hydrogens is 174 g/mol. The van der Waals surface area contributed by atoms with Crippen LogP contribution in [-0.4, -0.2) is 17.8 Å². The van der Waals surface area contributed by atoms with E-state index in [-0.39, 0.29) is 12.6 Å². The standard InChI is InChI=1S/C12H19NO/c1-8-5-6-12(11(4)10(8)3)13-9(2)7-14/h5-6,9,13-14H,7H2,1-4H3/t9-/m0/s1. The van der Waals surface area contributed by atoms with Crippen LogP contribution in [0.25, 0.3) is 0 Å². The van der Waals surface area contributed by atoms with Gasteiger partial charge in [0.2, 0.25) is 0 Å². The Labute approximate surface area is 86.0 Å². The predicted molar refractivity (Wildman–Crippen MR) is 60.8 cm³/mol. The quantitative estimate of drug-likeness (QED) is 0.772. The van der Waals surface area contributed by atoms with E-state index in [1.165, 1.54) is 16.7 Å². The first-order valence-corrected chi connectivity index (χ1v) is 5.00. The van der Waals surface area contributed by atoms with E-state index in [0.29, 0.717) is 0 Å². The van der Waals surface area contributed by atoms with Gasteiger partial charge in [0.15, 0.2) is 0 Å². The van der Waals surface area contributed by atoms with Crippen molar-refractivity contribution in [2.24, 2.45) is 0 Å². The summed E-state index contributed by atoms with van der Waals surface area (Å²) in [4.78, 5) is 0. The molecule has 2 N–H and O–H groups in total. The Kier molecular flexibility index (Phi) is 3.53. The molecule has 0 saturated carbocycles. The minimum absolute atomic E-state index is 0.107. The van der Waals surface area contributed by atoms with E-state index in [2.05, 4.69) is 38.2 Å². The molecule has 2 nitrogen and oxygen atoms in total. The Morgan fingerprint density at radius 1 is 1.21 bits per heavy atom. The van der Waals surface area contributed by atoms with Crippen LogP contribution in [0.3, 0.4) is 0 Å². The molecule has 0 aliphatic rings. The van der Waals surface area contributed by atoms with Crippen molar-refractivity contribution in [3.63, 3.8) is 0 Å². The van der Waals surface area contributed by atoms with Crippen molar-refractivity contribution in [3.05, 3.63) is 28.8 Å². The summed E-state index contributed by atoms with van der Waals surface area (Å²) in [5.41, 5.74) is 5.02. The van der Waals surface area contributed by atoms with Crippen molar-refractivity contribution in [1.29, 1.82) is 0 Å². The van der Waals surface area contributed by atoms with Crippen LogP contribution in [-0.2, 0) is 0 Å². The normalized spacial score (nSPS) is 12.6. The van der Waals surface area contributed by atoms with Gasteiger partial charge in [0.1, 0.15) is 0 Å². The third-order valence-electron chi connectivity index (χ3n) is 2.73. The molecule has 1 aromatic rings. The molecule has 0 bridgehead atoms. The molecule has 0 aromatic heterocycles. The lowest BCUT2D eigenvalue weighted by Gasteiger charge is -2.17. The van der Waals surface area contributed by atoms with E-state index in [0.717, 1.165) is 5.69 Å². The second-order valence-corrected chi connectivity index (χ2v) is 3.91. The van der Waals surface area contributed by atoms with Gasteiger partial charge in [-0.1, -0.05) is 6.07 Å². The van der Waals surface area contributed by atoms with Crippen molar-refractivity contribution in [2.45, 2.75) is 33.7 Å². The van der Waals surface area contributed by atoms with E-state index < -0.39 is 0 Å². The monoisotopic (exact) mass is 193 g/mol. The molecule has 1 aromatic carbocycles. The number of hydrogen-bond donors (Lipinski definition) is 2. The summed E-state index contributed by atoms with van der Waals surface area (Å²) in [7, 11) is 0. The summed E-state index contributed by atoms with van der Waals surface area (Å²) in [6.45, 7) is 8.47. The maximum absolute atomic E-state index is 8.95. The van der Waals surface area contributed by atoms with E-state index in [1.54, 1.807) is 0 Å². The zero-order valence-corrected chi connectivity index (χ0v) is 9.39. The van der Waals surface area contributed by atoms with Gasteiger partial charge in [-0.05, 0) is 50.5 Å². The van der Waals surface area contributed by atoms with Crippen LogP contribution >= 0.6 is 0 Å². The maximum Gasteiger partial charge on any atom is 0.0630 e. The molecule has 1 rings (SSSR count). The number of aryl methyl sites for hydroxylation is 1. The lowest BCUT2D eigenvalue weighted by atomic mass is 10.0. The minimum atomic E-state index is 0.107. The lowest BCUT2D eigenvalue weighted by Crippen LogP contribution is -2.20. The third-order valence-corrected chi connectivity index (χ3v) is 2.73. The first-order valence-electron chi connectivity index (χ1n) is 5.00. The number of hydrogen-bond acceptors (Lipinski definition) is 2. The largest absolute Gasteiger partial charge is 0.394 e. The van der Waals surface area contributed by atoms with Crippen LogP contribution in [0.5, 0.6) is 0 Å². The molecule has 0 aliphatic carbocycles. The highest BCUT2D eigenvalue weighted by molar-refractivity contribution is 5.56. The molecule has 0 spiro atoms. The molecule has 2 heteroatoms. The number of benzene rings is 1. The molecule has 14 heavy (non-hydrogen) atoms. The highest BCUT2D eigenvalue weighted by Crippen LogP contribution is 2.21. The maximum atomic E-state index is 8.95. The molecule has 0 heterocycles. The Balaban J connectivity index is 2.94. The SMILES string of the molecule is Cc1ccc(N[C@@H](C)CO)c(C)c1C. The molecule has 1 atom stereocenters. The van der Waals surface area contributed by atoms with Crippen molar-refractivity contribution < 1.29 is 5.11 Å². The Hall–Kier alpha value is -1.02. The smallest absolute Gasteiger partial charge is 0.0630 e. The molecule has 0 radical (unpaired) electrons. The first-order chi connectivity index (χ1) is 6.56. The molecule has 78 valence electrons. The van der Waals surface area contributed by atoms with Gasteiger partial charge in [0.25, 0.3) is 0 Å². The number of aliphatic hydroxyl groups excluding tert-OH is 1. The van der Waals surface area contributed by atoms with Crippen LogP contribution in [0.1, 0.15) is 23.6 Å². The summed E-state index contributed by atoms with van der Waals surface area (Å²) in [6, 6.07) is 4.29. The Bertz CT molecular complexity index is 320. The number of rotatable bonds is 3. The Morgan fingerprint density at radius 3 is 2.43 bits per heavy atom. The summed E-state index contributed by atoms with van der Waals surface area (Å²) in [5, 5.41) is 12.2. The summed E-state index contributed by atoms with van der Waals surface area (Å²) >= 11 is 0. The summed E-state index contributed by atoms with van der Waals surface area (Å²) in [5.74, 6) is 0. The van der Waals surface area contributed by atoms with Crippen molar-refractivity contribution >= 4 is 5.69 Å². The number of anilines is 1. The fraction of sp³-hybridized carbons (Fsp3) is 0.500. The van der Waals surface area contributed by atoms with Gasteiger partial charge in [-0.25, -0.2) is 0 Å². The molecule has 0 unspecified atom stereocenters. The van der Waals surface area contributed by atoms with Gasteiger partial charge in [0, 0.05) is 11.7 Å². The van der Waals surface area contributed by atoms with Crippen LogP contribution < -0.4 is 5.32 Å². The Morgan fingerprint density at radius 2 is 1.86 bits per heavy atom. The topological polar surface area (TPSA) is 32.3 Å². The van der Waals surface area contributed by atoms with Crippen molar-refractivity contribution in [2.75, 3.05) is 11.9 Å². The van der Waals surface area contributed by atoms with Crippen LogP contribution in [0, 0.1) is 20.8 Å². The highest BCUT2D eigenvalue weighted by atomic mass is 16.3. The third kappa shape index (κ3) is 2.26. The average Bonchev–Trinajstić information content (AvgIpc) is 2.19. The van der Waals surface area contributed by atoms with Gasteiger partial charge in [-0.2, -0.15) is 0 Å². The van der Waals surface area contributed by atoms with Gasteiger partial charge < -0.3 is 10.4 Å². The van der Waals surface area contributed by atoms with E-state index in [1.807, 2.05) is 6.92 Å². The van der Waals surface area contributed by atoms with Gasteiger partial charge in [-0.15, -0.1) is 0 Å². The van der Waals surface area contributed by atoms with Crippen molar-refractivity contribution in [3.8, 4) is 0 Å². The van der Waals surface area contributed by atoms with Crippen LogP contribution in [0.4, 0.5) is 5.69 Å². The molecule has 0 aliphatic heterocycles. The fourth-order valence-electron chi connectivity index (χ4n) is 1.42. The summed E-state index contributed by atoms with van der Waals surface area (Å²) in [6.07, 6.45) is 0. The minimum Gasteiger partial charge on any atom is -0.394 e. The zero-order chi connectivity index (χ0) is 10.7. The molecule has 0 fully saturated rings. The average molecular weight is 193 g/mol. The lowest BCUT2D eigenvalue weighted by molar-refractivity contribution is 0.281. The van der Waals surface area contributed by atoms with E-state index in [4.69, 9.17) is 5.11 Å².